The van der Waals surface area contributed by atoms with E-state index in [0.29, 0.717) is 24.3 Å². The van der Waals surface area contributed by atoms with Crippen molar-refractivity contribution in [2.45, 2.75) is 6.42 Å². The van der Waals surface area contributed by atoms with Crippen LogP contribution in [0.4, 0.5) is 5.82 Å². The molecular weight excluding hydrogens is 192 g/mol. The van der Waals surface area contributed by atoms with Gasteiger partial charge >= 0.3 is 0 Å². The zero-order chi connectivity index (χ0) is 11.1. The number of nitrogens with one attached hydrogen (secondary N) is 2. The molecule has 5 nitrogen and oxygen atoms in total. The summed E-state index contributed by atoms with van der Waals surface area (Å²) >= 11 is 0. The molecule has 0 aliphatic carbocycles. The number of nitriles is 1. The van der Waals surface area contributed by atoms with E-state index in [-0.39, 0.29) is 5.91 Å². The maximum absolute atomic E-state index is 10.9. The molecule has 1 rings (SSSR count). The number of pyridine rings is 1. The van der Waals surface area contributed by atoms with Crippen LogP contribution in [-0.2, 0) is 4.79 Å². The van der Waals surface area contributed by atoms with Gasteiger partial charge in [0.05, 0.1) is 5.56 Å². The Morgan fingerprint density at radius 3 is 3.13 bits per heavy atom. The number of aromatic nitrogens is 1. The predicted molar refractivity (Wildman–Crippen MR) is 56.1 cm³/mol. The van der Waals surface area contributed by atoms with Crippen LogP contribution < -0.4 is 10.6 Å². The quantitative estimate of drug-likeness (QED) is 0.748. The van der Waals surface area contributed by atoms with Gasteiger partial charge in [0.1, 0.15) is 11.9 Å². The van der Waals surface area contributed by atoms with Crippen LogP contribution in [0.2, 0.25) is 0 Å². The van der Waals surface area contributed by atoms with Gasteiger partial charge in [-0.05, 0) is 12.1 Å². The molecule has 0 aliphatic heterocycles. The first-order valence-electron chi connectivity index (χ1n) is 4.57. The second kappa shape index (κ2) is 5.60. The summed E-state index contributed by atoms with van der Waals surface area (Å²) in [5.74, 6) is 0.473. The SMILES string of the molecule is CNC(=O)CCNc1ncccc1C#N. The summed E-state index contributed by atoms with van der Waals surface area (Å²) in [6.07, 6.45) is 1.96. The lowest BCUT2D eigenvalue weighted by atomic mass is 10.3. The summed E-state index contributed by atoms with van der Waals surface area (Å²) < 4.78 is 0. The number of carbonyl (C=O) groups is 1. The molecule has 1 amide bonds. The molecule has 0 fully saturated rings. The molecule has 5 heteroatoms. The second-order valence-corrected chi connectivity index (χ2v) is 2.86. The van der Waals surface area contributed by atoms with Crippen LogP contribution in [0.15, 0.2) is 18.3 Å². The van der Waals surface area contributed by atoms with Crippen molar-refractivity contribution in [3.8, 4) is 6.07 Å². The molecule has 0 radical (unpaired) electrons. The highest BCUT2D eigenvalue weighted by Gasteiger charge is 2.02. The molecule has 2 N–H and O–H groups in total. The Balaban J connectivity index is 2.51. The molecule has 1 heterocycles. The lowest BCUT2D eigenvalue weighted by Crippen LogP contribution is -2.21. The standard InChI is InChI=1S/C10H12N4O/c1-12-9(15)4-6-14-10-8(7-11)3-2-5-13-10/h2-3,5H,4,6H2,1H3,(H,12,15)(H,13,14). The number of carbonyl (C=O) groups excluding carboxylic acids is 1. The van der Waals surface area contributed by atoms with E-state index >= 15 is 0 Å². The van der Waals surface area contributed by atoms with Crippen molar-refractivity contribution in [2.75, 3.05) is 18.9 Å². The van der Waals surface area contributed by atoms with Crippen LogP contribution >= 0.6 is 0 Å². The summed E-state index contributed by atoms with van der Waals surface area (Å²) in [5.41, 5.74) is 0.481. The van der Waals surface area contributed by atoms with Crippen LogP contribution in [0.3, 0.4) is 0 Å². The third-order valence-corrected chi connectivity index (χ3v) is 1.85. The molecule has 0 bridgehead atoms. The van der Waals surface area contributed by atoms with E-state index < -0.39 is 0 Å². The molecule has 0 unspecified atom stereocenters. The normalized spacial score (nSPS) is 9.07. The summed E-state index contributed by atoms with van der Waals surface area (Å²) in [6, 6.07) is 5.39. The molecule has 0 aromatic carbocycles. The zero-order valence-electron chi connectivity index (χ0n) is 8.45. The first kappa shape index (κ1) is 11.0. The van der Waals surface area contributed by atoms with Gasteiger partial charge in [-0.15, -0.1) is 0 Å². The number of hydrogen-bond acceptors (Lipinski definition) is 4. The molecule has 0 saturated carbocycles. The minimum absolute atomic E-state index is 0.0445. The minimum atomic E-state index is -0.0445. The highest BCUT2D eigenvalue weighted by molar-refractivity contribution is 5.76. The largest absolute Gasteiger partial charge is 0.368 e. The van der Waals surface area contributed by atoms with Gasteiger partial charge in [0.15, 0.2) is 0 Å². The van der Waals surface area contributed by atoms with E-state index in [9.17, 15) is 4.79 Å². The van der Waals surface area contributed by atoms with E-state index in [1.807, 2.05) is 6.07 Å². The van der Waals surface area contributed by atoms with Gasteiger partial charge in [0, 0.05) is 26.2 Å². The van der Waals surface area contributed by atoms with E-state index in [2.05, 4.69) is 15.6 Å². The van der Waals surface area contributed by atoms with Gasteiger partial charge in [0.25, 0.3) is 0 Å². The molecule has 0 aliphatic rings. The van der Waals surface area contributed by atoms with Crippen LogP contribution in [-0.4, -0.2) is 24.5 Å². The van der Waals surface area contributed by atoms with E-state index in [0.717, 1.165) is 0 Å². The number of hydrogen-bond donors (Lipinski definition) is 2. The number of amides is 1. The predicted octanol–water partition coefficient (Wildman–Crippen LogP) is 0.501. The first-order valence-corrected chi connectivity index (χ1v) is 4.57. The number of anilines is 1. The Bertz CT molecular complexity index is 383. The van der Waals surface area contributed by atoms with Crippen molar-refractivity contribution < 1.29 is 4.79 Å². The molecule has 0 spiro atoms. The third-order valence-electron chi connectivity index (χ3n) is 1.85. The smallest absolute Gasteiger partial charge is 0.221 e. The van der Waals surface area contributed by atoms with Crippen molar-refractivity contribution in [1.29, 1.82) is 5.26 Å². The van der Waals surface area contributed by atoms with E-state index in [1.54, 1.807) is 25.4 Å². The van der Waals surface area contributed by atoms with Gasteiger partial charge in [-0.3, -0.25) is 4.79 Å². The fraction of sp³-hybridized carbons (Fsp3) is 0.300. The Kier molecular flexibility index (Phi) is 4.10. The highest BCUT2D eigenvalue weighted by Crippen LogP contribution is 2.08. The Labute approximate surface area is 88.1 Å². The van der Waals surface area contributed by atoms with Gasteiger partial charge in [0.2, 0.25) is 5.91 Å². The van der Waals surface area contributed by atoms with E-state index in [4.69, 9.17) is 5.26 Å². The molecule has 0 saturated heterocycles. The van der Waals surface area contributed by atoms with Gasteiger partial charge in [-0.2, -0.15) is 5.26 Å². The molecular formula is C10H12N4O. The third kappa shape index (κ3) is 3.27. The Hall–Kier alpha value is -2.09. The summed E-state index contributed by atoms with van der Waals surface area (Å²) in [7, 11) is 1.59. The number of nitrogens with zero attached hydrogens (tertiary/aromatic N) is 2. The Morgan fingerprint density at radius 2 is 2.47 bits per heavy atom. The van der Waals surface area contributed by atoms with Crippen molar-refractivity contribution in [1.82, 2.24) is 10.3 Å². The van der Waals surface area contributed by atoms with Gasteiger partial charge in [-0.1, -0.05) is 0 Å². The summed E-state index contributed by atoms with van der Waals surface area (Å²) in [5, 5.41) is 14.2. The van der Waals surface area contributed by atoms with Crippen molar-refractivity contribution in [3.63, 3.8) is 0 Å². The van der Waals surface area contributed by atoms with Crippen LogP contribution in [0.1, 0.15) is 12.0 Å². The lowest BCUT2D eigenvalue weighted by molar-refractivity contribution is -0.120. The van der Waals surface area contributed by atoms with Crippen molar-refractivity contribution in [3.05, 3.63) is 23.9 Å². The highest BCUT2D eigenvalue weighted by atomic mass is 16.1. The topological polar surface area (TPSA) is 77.8 Å². The Morgan fingerprint density at radius 1 is 1.67 bits per heavy atom. The molecule has 0 atom stereocenters. The summed E-state index contributed by atoms with van der Waals surface area (Å²) in [6.45, 7) is 0.464. The van der Waals surface area contributed by atoms with E-state index in [1.165, 1.54) is 0 Å². The second-order valence-electron chi connectivity index (χ2n) is 2.86. The molecule has 1 aromatic heterocycles. The van der Waals surface area contributed by atoms with Crippen LogP contribution in [0.25, 0.3) is 0 Å². The monoisotopic (exact) mass is 204 g/mol. The average Bonchev–Trinajstić information content (AvgIpc) is 2.29. The maximum Gasteiger partial charge on any atom is 0.221 e. The van der Waals surface area contributed by atoms with Gasteiger partial charge in [-0.25, -0.2) is 4.98 Å². The maximum atomic E-state index is 10.9. The fourth-order valence-electron chi connectivity index (χ4n) is 1.06. The van der Waals surface area contributed by atoms with Crippen LogP contribution in [0.5, 0.6) is 0 Å². The molecule has 78 valence electrons. The summed E-state index contributed by atoms with van der Waals surface area (Å²) in [4.78, 5) is 14.9. The van der Waals surface area contributed by atoms with Crippen molar-refractivity contribution in [2.24, 2.45) is 0 Å². The first-order chi connectivity index (χ1) is 7.27. The zero-order valence-corrected chi connectivity index (χ0v) is 8.45. The molecule has 1 aromatic rings. The average molecular weight is 204 g/mol. The van der Waals surface area contributed by atoms with Crippen molar-refractivity contribution >= 4 is 11.7 Å². The molecule has 15 heavy (non-hydrogen) atoms. The minimum Gasteiger partial charge on any atom is -0.368 e. The lowest BCUT2D eigenvalue weighted by Gasteiger charge is -2.05. The van der Waals surface area contributed by atoms with Gasteiger partial charge < -0.3 is 10.6 Å². The van der Waals surface area contributed by atoms with Crippen LogP contribution in [0, 0.1) is 11.3 Å². The fourth-order valence-corrected chi connectivity index (χ4v) is 1.06. The number of rotatable bonds is 4.